The third-order valence-corrected chi connectivity index (χ3v) is 6.48. The lowest BCUT2D eigenvalue weighted by atomic mass is 9.93. The molecular formula is C25H26ClN5O4. The summed E-state index contributed by atoms with van der Waals surface area (Å²) in [5, 5.41) is 4.85. The lowest BCUT2D eigenvalue weighted by Crippen LogP contribution is -2.58. The van der Waals surface area contributed by atoms with E-state index in [1.165, 1.54) is 4.90 Å². The average Bonchev–Trinajstić information content (AvgIpc) is 3.24. The van der Waals surface area contributed by atoms with Gasteiger partial charge in [0.15, 0.2) is 5.78 Å². The number of aromatic nitrogens is 1. The molecule has 2 heterocycles. The van der Waals surface area contributed by atoms with Crippen molar-refractivity contribution in [2.75, 3.05) is 13.1 Å². The van der Waals surface area contributed by atoms with Crippen LogP contribution in [0.15, 0.2) is 54.7 Å². The predicted molar refractivity (Wildman–Crippen MR) is 131 cm³/mol. The second kappa shape index (κ2) is 10.3. The van der Waals surface area contributed by atoms with Gasteiger partial charge in [-0.1, -0.05) is 48.0 Å². The molecule has 0 saturated carbocycles. The van der Waals surface area contributed by atoms with E-state index < -0.39 is 23.7 Å². The first-order valence-electron chi connectivity index (χ1n) is 11.2. The number of H-pyrrole nitrogens is 1. The second-order valence-corrected chi connectivity index (χ2v) is 9.03. The van der Waals surface area contributed by atoms with Gasteiger partial charge in [-0.15, -0.1) is 0 Å². The minimum atomic E-state index is -1.16. The molecule has 35 heavy (non-hydrogen) atoms. The van der Waals surface area contributed by atoms with Gasteiger partial charge < -0.3 is 15.2 Å². The number of rotatable bonds is 8. The van der Waals surface area contributed by atoms with Crippen molar-refractivity contribution in [1.29, 1.82) is 0 Å². The van der Waals surface area contributed by atoms with Crippen LogP contribution < -0.4 is 11.2 Å². The first kappa shape index (κ1) is 24.4. The molecule has 2 unspecified atom stereocenters. The Balaban J connectivity index is 1.60. The van der Waals surface area contributed by atoms with Gasteiger partial charge in [0.25, 0.3) is 0 Å². The molecule has 1 aliphatic rings. The largest absolute Gasteiger partial charge is 0.361 e. The van der Waals surface area contributed by atoms with Crippen molar-refractivity contribution >= 4 is 46.0 Å². The van der Waals surface area contributed by atoms with E-state index in [0.717, 1.165) is 21.5 Å². The molecule has 2 aromatic carbocycles. The van der Waals surface area contributed by atoms with E-state index in [-0.39, 0.29) is 37.9 Å². The Morgan fingerprint density at radius 3 is 2.63 bits per heavy atom. The number of amides is 3. The van der Waals surface area contributed by atoms with Gasteiger partial charge in [0.2, 0.25) is 17.7 Å². The molecule has 182 valence electrons. The number of nitrogens with two attached hydrogens (primary N) is 1. The van der Waals surface area contributed by atoms with Crippen molar-refractivity contribution in [3.05, 3.63) is 70.9 Å². The van der Waals surface area contributed by atoms with Crippen LogP contribution in [0.5, 0.6) is 0 Å². The zero-order valence-corrected chi connectivity index (χ0v) is 19.9. The standard InChI is InChI=1S/C25H26ClN5O4/c1-15-24(34)30(14-23(33)29-15)13-22(32)19(10-17-11-28-21-9-5-3-7-18(17)21)25(35)31(27)12-16-6-2-4-8-20(16)26/h2-9,11,15,19,28H,10,12-14,27H2,1H3,(H,29,33). The van der Waals surface area contributed by atoms with Crippen molar-refractivity contribution < 1.29 is 19.2 Å². The van der Waals surface area contributed by atoms with Crippen molar-refractivity contribution in [3.63, 3.8) is 0 Å². The van der Waals surface area contributed by atoms with Crippen LogP contribution in [0.4, 0.5) is 0 Å². The number of benzene rings is 2. The molecule has 2 atom stereocenters. The summed E-state index contributed by atoms with van der Waals surface area (Å²) in [6.07, 6.45) is 1.84. The molecule has 9 nitrogen and oxygen atoms in total. The zero-order valence-electron chi connectivity index (χ0n) is 19.2. The normalized spacial score (nSPS) is 16.8. The highest BCUT2D eigenvalue weighted by Gasteiger charge is 2.36. The van der Waals surface area contributed by atoms with E-state index in [0.29, 0.717) is 10.6 Å². The summed E-state index contributed by atoms with van der Waals surface area (Å²) in [5.74, 6) is 3.14. The number of halogens is 1. The molecule has 0 bridgehead atoms. The van der Waals surface area contributed by atoms with Crippen LogP contribution in [0.1, 0.15) is 18.1 Å². The number of nitrogens with one attached hydrogen (secondary N) is 2. The van der Waals surface area contributed by atoms with Crippen LogP contribution in [0.3, 0.4) is 0 Å². The average molecular weight is 496 g/mol. The van der Waals surface area contributed by atoms with E-state index in [1.54, 1.807) is 37.4 Å². The quantitative estimate of drug-likeness (QED) is 0.190. The van der Waals surface area contributed by atoms with Gasteiger partial charge in [0, 0.05) is 22.1 Å². The Morgan fingerprint density at radius 2 is 1.86 bits per heavy atom. The monoisotopic (exact) mass is 495 g/mol. The van der Waals surface area contributed by atoms with Crippen molar-refractivity contribution in [2.45, 2.75) is 25.9 Å². The number of piperazine rings is 1. The number of carbonyl (C=O) groups excluding carboxylic acids is 4. The van der Waals surface area contributed by atoms with E-state index in [2.05, 4.69) is 10.3 Å². The lowest BCUT2D eigenvalue weighted by Gasteiger charge is -2.31. The number of fused-ring (bicyclic) bond motifs is 1. The highest BCUT2D eigenvalue weighted by Crippen LogP contribution is 2.23. The number of hydrogen-bond donors (Lipinski definition) is 3. The number of aromatic amines is 1. The first-order chi connectivity index (χ1) is 16.7. The van der Waals surface area contributed by atoms with Gasteiger partial charge in [-0.25, -0.2) is 5.84 Å². The summed E-state index contributed by atoms with van der Waals surface area (Å²) < 4.78 is 0. The van der Waals surface area contributed by atoms with Crippen LogP contribution in [-0.2, 0) is 32.1 Å². The minimum absolute atomic E-state index is 0.0122. The lowest BCUT2D eigenvalue weighted by molar-refractivity contribution is -0.148. The van der Waals surface area contributed by atoms with E-state index in [4.69, 9.17) is 17.4 Å². The number of Topliss-reactive ketones (excluding diaryl/α,β-unsaturated/α-hetero) is 1. The van der Waals surface area contributed by atoms with Crippen LogP contribution in [0, 0.1) is 5.92 Å². The van der Waals surface area contributed by atoms with E-state index in [1.807, 2.05) is 24.3 Å². The topological polar surface area (TPSA) is 129 Å². The van der Waals surface area contributed by atoms with Crippen molar-refractivity contribution in [2.24, 2.45) is 11.8 Å². The first-order valence-corrected chi connectivity index (χ1v) is 11.6. The molecule has 0 aliphatic carbocycles. The molecular weight excluding hydrogens is 470 g/mol. The van der Waals surface area contributed by atoms with Gasteiger partial charge in [-0.2, -0.15) is 0 Å². The number of nitrogens with zero attached hydrogens (tertiary/aromatic N) is 2. The predicted octanol–water partition coefficient (Wildman–Crippen LogP) is 1.80. The summed E-state index contributed by atoms with van der Waals surface area (Å²) in [6, 6.07) is 13.8. The smallest absolute Gasteiger partial charge is 0.247 e. The zero-order chi connectivity index (χ0) is 25.1. The molecule has 3 aromatic rings. The molecule has 1 aromatic heterocycles. The fourth-order valence-electron chi connectivity index (χ4n) is 4.25. The van der Waals surface area contributed by atoms with Gasteiger partial charge >= 0.3 is 0 Å². The third-order valence-electron chi connectivity index (χ3n) is 6.11. The highest BCUT2D eigenvalue weighted by molar-refractivity contribution is 6.31. The number of hydrogen-bond acceptors (Lipinski definition) is 5. The van der Waals surface area contributed by atoms with Crippen LogP contribution in [0.2, 0.25) is 5.02 Å². The molecule has 1 saturated heterocycles. The maximum Gasteiger partial charge on any atom is 0.247 e. The Bertz CT molecular complexity index is 1290. The summed E-state index contributed by atoms with van der Waals surface area (Å²) >= 11 is 6.22. The minimum Gasteiger partial charge on any atom is -0.361 e. The highest BCUT2D eigenvalue weighted by atomic mass is 35.5. The van der Waals surface area contributed by atoms with Crippen molar-refractivity contribution in [3.8, 4) is 0 Å². The summed E-state index contributed by atoms with van der Waals surface area (Å²) in [7, 11) is 0. The fourth-order valence-corrected chi connectivity index (χ4v) is 4.45. The van der Waals surface area contributed by atoms with E-state index in [9.17, 15) is 19.2 Å². The Hall–Kier alpha value is -3.69. The summed E-state index contributed by atoms with van der Waals surface area (Å²) in [4.78, 5) is 55.7. The Kier molecular flexibility index (Phi) is 7.18. The van der Waals surface area contributed by atoms with Crippen LogP contribution >= 0.6 is 11.6 Å². The van der Waals surface area contributed by atoms with Gasteiger partial charge in [0.1, 0.15) is 18.5 Å². The van der Waals surface area contributed by atoms with E-state index >= 15 is 0 Å². The number of hydrazine groups is 1. The van der Waals surface area contributed by atoms with Gasteiger partial charge in [0.05, 0.1) is 13.1 Å². The molecule has 0 spiro atoms. The van der Waals surface area contributed by atoms with Crippen molar-refractivity contribution in [1.82, 2.24) is 20.2 Å². The number of para-hydroxylation sites is 1. The molecule has 3 amide bonds. The number of ketones is 1. The number of carbonyl (C=O) groups is 4. The summed E-state index contributed by atoms with van der Waals surface area (Å²) in [5.41, 5.74) is 2.29. The van der Waals surface area contributed by atoms with Crippen LogP contribution in [0.25, 0.3) is 10.9 Å². The molecule has 4 rings (SSSR count). The van der Waals surface area contributed by atoms with Gasteiger partial charge in [-0.05, 0) is 36.6 Å². The molecule has 1 fully saturated rings. The second-order valence-electron chi connectivity index (χ2n) is 8.62. The Morgan fingerprint density at radius 1 is 1.14 bits per heavy atom. The maximum atomic E-state index is 13.5. The fraction of sp³-hybridized carbons (Fsp3) is 0.280. The third kappa shape index (κ3) is 5.36. The SMILES string of the molecule is CC1NC(=O)CN(CC(=O)C(Cc2c[nH]c3ccccc23)C(=O)N(N)Cc2ccccc2Cl)C1=O. The maximum absolute atomic E-state index is 13.5. The molecule has 0 radical (unpaired) electrons. The summed E-state index contributed by atoms with van der Waals surface area (Å²) in [6.45, 7) is 0.957. The molecule has 4 N–H and O–H groups in total. The Labute approximate surface area is 207 Å². The molecule has 1 aliphatic heterocycles. The molecule has 10 heteroatoms. The van der Waals surface area contributed by atoms with Gasteiger partial charge in [-0.3, -0.25) is 24.2 Å². The van der Waals surface area contributed by atoms with Crippen LogP contribution in [-0.4, -0.2) is 57.5 Å².